The molecule has 0 unspecified atom stereocenters. The molecule has 1 aromatic heterocycles. The van der Waals surface area contributed by atoms with Gasteiger partial charge in [-0.2, -0.15) is 0 Å². The fraction of sp³-hybridized carbons (Fsp3) is 0.357. The van der Waals surface area contributed by atoms with Crippen molar-refractivity contribution in [1.82, 2.24) is 4.98 Å². The lowest BCUT2D eigenvalue weighted by atomic mass is 10.1. The Balaban J connectivity index is 2.51. The molecule has 0 saturated carbocycles. The second-order valence-corrected chi connectivity index (χ2v) is 5.16. The normalized spacial score (nSPS) is 10.8. The van der Waals surface area contributed by atoms with Crippen LogP contribution in [0.15, 0.2) is 12.1 Å². The summed E-state index contributed by atoms with van der Waals surface area (Å²) >= 11 is 1.30. The Morgan fingerprint density at radius 3 is 2.42 bits per heavy atom. The summed E-state index contributed by atoms with van der Waals surface area (Å²) in [6, 6.07) is 2.47. The third kappa shape index (κ3) is 2.61. The molecule has 101 valence electrons. The Morgan fingerprint density at radius 2 is 1.89 bits per heavy atom. The second-order valence-electron chi connectivity index (χ2n) is 4.17. The molecule has 0 aliphatic carbocycles. The Hall–Kier alpha value is -1.49. The molecular weight excluding hydrogens is 266 g/mol. The zero-order chi connectivity index (χ0) is 14.0. The van der Waals surface area contributed by atoms with Gasteiger partial charge in [0.05, 0.1) is 11.4 Å². The first-order valence-electron chi connectivity index (χ1n) is 6.16. The first-order chi connectivity index (χ1) is 9.08. The van der Waals surface area contributed by atoms with Crippen molar-refractivity contribution in [2.24, 2.45) is 0 Å². The Labute approximate surface area is 115 Å². The summed E-state index contributed by atoms with van der Waals surface area (Å²) in [5.74, 6) is -0.877. The highest BCUT2D eigenvalue weighted by Crippen LogP contribution is 2.31. The highest BCUT2D eigenvalue weighted by atomic mass is 32.1. The van der Waals surface area contributed by atoms with Crippen molar-refractivity contribution in [3.05, 3.63) is 34.2 Å². The zero-order valence-corrected chi connectivity index (χ0v) is 11.9. The molecule has 5 heteroatoms. The number of rotatable bonds is 4. The molecule has 0 spiro atoms. The van der Waals surface area contributed by atoms with E-state index in [-0.39, 0.29) is 5.56 Å². The minimum Gasteiger partial charge on any atom is -0.370 e. The molecule has 0 amide bonds. The van der Waals surface area contributed by atoms with Crippen LogP contribution in [0.4, 0.5) is 14.5 Å². The molecule has 0 aliphatic heterocycles. The number of halogens is 2. The van der Waals surface area contributed by atoms with Crippen molar-refractivity contribution in [3.8, 4) is 11.3 Å². The Bertz CT molecular complexity index is 577. The van der Waals surface area contributed by atoms with E-state index >= 15 is 0 Å². The lowest BCUT2D eigenvalue weighted by Crippen LogP contribution is -2.23. The summed E-state index contributed by atoms with van der Waals surface area (Å²) in [5, 5.41) is 0. The molecule has 0 saturated heterocycles. The molecular formula is C14H15F2N2S. The van der Waals surface area contributed by atoms with E-state index in [1.165, 1.54) is 23.5 Å². The van der Waals surface area contributed by atoms with Gasteiger partial charge in [0.25, 0.3) is 0 Å². The van der Waals surface area contributed by atoms with Gasteiger partial charge < -0.3 is 4.90 Å². The van der Waals surface area contributed by atoms with Crippen LogP contribution in [0.2, 0.25) is 0 Å². The average molecular weight is 281 g/mol. The van der Waals surface area contributed by atoms with E-state index in [4.69, 9.17) is 0 Å². The van der Waals surface area contributed by atoms with Gasteiger partial charge in [0.15, 0.2) is 5.51 Å². The maximum atomic E-state index is 14.2. The van der Waals surface area contributed by atoms with Gasteiger partial charge in [-0.05, 0) is 26.8 Å². The fourth-order valence-corrected chi connectivity index (χ4v) is 2.56. The standard InChI is InChI=1S/C14H15F2N2S/c1-4-18(5-2)13-7-11(15)10(6-12(13)16)14-9(3)19-8-17-14/h6-7H,4-5H2,1-3H3. The van der Waals surface area contributed by atoms with Crippen molar-refractivity contribution < 1.29 is 8.78 Å². The monoisotopic (exact) mass is 281 g/mol. The van der Waals surface area contributed by atoms with Crippen molar-refractivity contribution in [1.29, 1.82) is 0 Å². The van der Waals surface area contributed by atoms with Gasteiger partial charge in [0.1, 0.15) is 11.6 Å². The minimum atomic E-state index is -0.453. The average Bonchev–Trinajstić information content (AvgIpc) is 2.81. The van der Waals surface area contributed by atoms with Crippen molar-refractivity contribution in [2.75, 3.05) is 18.0 Å². The van der Waals surface area contributed by atoms with Crippen LogP contribution >= 0.6 is 11.3 Å². The SMILES string of the molecule is CCN(CC)c1cc(F)c(-c2n[c]sc2C)cc1F. The Kier molecular flexibility index (Phi) is 4.14. The van der Waals surface area contributed by atoms with E-state index in [0.717, 1.165) is 4.88 Å². The van der Waals surface area contributed by atoms with Gasteiger partial charge in [-0.25, -0.2) is 13.8 Å². The van der Waals surface area contributed by atoms with Crippen molar-refractivity contribution in [2.45, 2.75) is 20.8 Å². The number of benzene rings is 1. The van der Waals surface area contributed by atoms with Crippen molar-refractivity contribution in [3.63, 3.8) is 0 Å². The summed E-state index contributed by atoms with van der Waals surface area (Å²) in [5.41, 5.74) is 3.65. The molecule has 2 nitrogen and oxygen atoms in total. The van der Waals surface area contributed by atoms with Crippen LogP contribution in [0.5, 0.6) is 0 Å². The van der Waals surface area contributed by atoms with Crippen LogP contribution in [-0.4, -0.2) is 18.1 Å². The maximum Gasteiger partial charge on any atom is 0.153 e. The Morgan fingerprint density at radius 1 is 1.21 bits per heavy atom. The molecule has 2 rings (SSSR count). The maximum absolute atomic E-state index is 14.2. The number of thiazole rings is 1. The van der Waals surface area contributed by atoms with E-state index < -0.39 is 11.6 Å². The van der Waals surface area contributed by atoms with Gasteiger partial charge in [-0.3, -0.25) is 0 Å². The quantitative estimate of drug-likeness (QED) is 0.840. The van der Waals surface area contributed by atoms with Gasteiger partial charge in [-0.15, -0.1) is 11.3 Å². The molecule has 1 aromatic carbocycles. The van der Waals surface area contributed by atoms with E-state index in [2.05, 4.69) is 10.5 Å². The predicted octanol–water partition coefficient (Wildman–Crippen LogP) is 4.04. The summed E-state index contributed by atoms with van der Waals surface area (Å²) < 4.78 is 28.3. The van der Waals surface area contributed by atoms with Crippen LogP contribution < -0.4 is 4.90 Å². The second kappa shape index (κ2) is 5.65. The van der Waals surface area contributed by atoms with Gasteiger partial charge in [0, 0.05) is 29.6 Å². The highest BCUT2D eigenvalue weighted by Gasteiger charge is 2.17. The van der Waals surface area contributed by atoms with Gasteiger partial charge in [-0.1, -0.05) is 0 Å². The molecule has 0 atom stereocenters. The van der Waals surface area contributed by atoms with Crippen LogP contribution in [0, 0.1) is 24.1 Å². The van der Waals surface area contributed by atoms with E-state index in [0.29, 0.717) is 24.5 Å². The van der Waals surface area contributed by atoms with Crippen molar-refractivity contribution >= 4 is 17.0 Å². The first kappa shape index (κ1) is 13.9. The van der Waals surface area contributed by atoms with E-state index in [1.54, 1.807) is 4.90 Å². The van der Waals surface area contributed by atoms with E-state index in [1.807, 2.05) is 20.8 Å². The summed E-state index contributed by atoms with van der Waals surface area (Å²) in [6.45, 7) is 6.91. The molecule has 0 aliphatic rings. The molecule has 1 heterocycles. The number of hydrogen-bond donors (Lipinski definition) is 0. The summed E-state index contributed by atoms with van der Waals surface area (Å²) in [4.78, 5) is 6.58. The lowest BCUT2D eigenvalue weighted by molar-refractivity contribution is 0.597. The number of nitrogens with zero attached hydrogens (tertiary/aromatic N) is 2. The lowest BCUT2D eigenvalue weighted by Gasteiger charge is -2.22. The summed E-state index contributed by atoms with van der Waals surface area (Å²) in [6.07, 6.45) is 0. The largest absolute Gasteiger partial charge is 0.370 e. The van der Waals surface area contributed by atoms with Crippen LogP contribution in [-0.2, 0) is 0 Å². The number of aromatic nitrogens is 1. The number of anilines is 1. The number of aryl methyl sites for hydroxylation is 1. The number of hydrogen-bond acceptors (Lipinski definition) is 3. The van der Waals surface area contributed by atoms with E-state index in [9.17, 15) is 8.78 Å². The fourth-order valence-electron chi connectivity index (χ4n) is 2.04. The first-order valence-corrected chi connectivity index (χ1v) is 6.97. The topological polar surface area (TPSA) is 16.1 Å². The highest BCUT2D eigenvalue weighted by molar-refractivity contribution is 7.09. The summed E-state index contributed by atoms with van der Waals surface area (Å²) in [7, 11) is 0. The molecule has 0 fully saturated rings. The molecule has 0 N–H and O–H groups in total. The molecule has 19 heavy (non-hydrogen) atoms. The third-order valence-electron chi connectivity index (χ3n) is 3.09. The zero-order valence-electron chi connectivity index (χ0n) is 11.1. The van der Waals surface area contributed by atoms with Crippen LogP contribution in [0.1, 0.15) is 18.7 Å². The third-order valence-corrected chi connectivity index (χ3v) is 3.77. The van der Waals surface area contributed by atoms with Crippen LogP contribution in [0.25, 0.3) is 11.3 Å². The minimum absolute atomic E-state index is 0.198. The van der Waals surface area contributed by atoms with Crippen LogP contribution in [0.3, 0.4) is 0 Å². The molecule has 0 bridgehead atoms. The smallest absolute Gasteiger partial charge is 0.153 e. The predicted molar refractivity (Wildman–Crippen MR) is 74.6 cm³/mol. The molecule has 2 aromatic rings. The molecule has 1 radical (unpaired) electrons. The van der Waals surface area contributed by atoms with Gasteiger partial charge in [0.2, 0.25) is 0 Å². The van der Waals surface area contributed by atoms with Gasteiger partial charge >= 0.3 is 0 Å².